The second-order valence-corrected chi connectivity index (χ2v) is 2.39. The topological polar surface area (TPSA) is 104 Å². The van der Waals surface area contributed by atoms with E-state index in [0.717, 1.165) is 0 Å². The predicted molar refractivity (Wildman–Crippen MR) is 46.8 cm³/mol. The SMILES string of the molecule is NCCNC(=O)CC(=O)NCCO. The zero-order chi connectivity index (χ0) is 10.1. The summed E-state index contributed by atoms with van der Waals surface area (Å²) in [5, 5.41) is 13.2. The van der Waals surface area contributed by atoms with Gasteiger partial charge in [0, 0.05) is 19.6 Å². The van der Waals surface area contributed by atoms with Gasteiger partial charge in [-0.15, -0.1) is 0 Å². The van der Waals surface area contributed by atoms with Crippen LogP contribution < -0.4 is 16.4 Å². The summed E-state index contributed by atoms with van der Waals surface area (Å²) in [6.45, 7) is 0.759. The van der Waals surface area contributed by atoms with E-state index in [9.17, 15) is 9.59 Å². The van der Waals surface area contributed by atoms with Gasteiger partial charge < -0.3 is 21.5 Å². The number of hydrogen-bond donors (Lipinski definition) is 4. The highest BCUT2D eigenvalue weighted by Gasteiger charge is 2.06. The molecule has 0 saturated heterocycles. The molecule has 0 aromatic heterocycles. The van der Waals surface area contributed by atoms with Crippen LogP contribution in [-0.2, 0) is 9.59 Å². The molecule has 2 amide bonds. The first-order chi connectivity index (χ1) is 6.20. The van der Waals surface area contributed by atoms with Gasteiger partial charge in [0.2, 0.25) is 11.8 Å². The maximum atomic E-state index is 10.9. The molecule has 13 heavy (non-hydrogen) atoms. The summed E-state index contributed by atoms with van der Waals surface area (Å²) in [7, 11) is 0. The van der Waals surface area contributed by atoms with Crippen LogP contribution in [0.25, 0.3) is 0 Å². The molecule has 0 aromatic rings. The third-order valence-electron chi connectivity index (χ3n) is 1.22. The number of hydrogen-bond acceptors (Lipinski definition) is 4. The van der Waals surface area contributed by atoms with Crippen molar-refractivity contribution in [3.05, 3.63) is 0 Å². The number of amides is 2. The Kier molecular flexibility index (Phi) is 6.85. The fourth-order valence-corrected chi connectivity index (χ4v) is 0.678. The molecule has 0 atom stereocenters. The summed E-state index contributed by atoms with van der Waals surface area (Å²) in [6, 6.07) is 0. The minimum atomic E-state index is -0.399. The van der Waals surface area contributed by atoms with E-state index in [1.807, 2.05) is 0 Å². The molecule has 76 valence electrons. The van der Waals surface area contributed by atoms with Gasteiger partial charge in [-0.2, -0.15) is 0 Å². The minimum Gasteiger partial charge on any atom is -0.395 e. The van der Waals surface area contributed by atoms with Crippen LogP contribution in [0.2, 0.25) is 0 Å². The first-order valence-electron chi connectivity index (χ1n) is 4.05. The van der Waals surface area contributed by atoms with Crippen molar-refractivity contribution in [2.45, 2.75) is 6.42 Å². The van der Waals surface area contributed by atoms with E-state index in [1.165, 1.54) is 0 Å². The van der Waals surface area contributed by atoms with E-state index >= 15 is 0 Å². The normalized spacial score (nSPS) is 9.38. The summed E-state index contributed by atoms with van der Waals surface area (Å²) in [5.41, 5.74) is 5.14. The van der Waals surface area contributed by atoms with Crippen LogP contribution in [0.5, 0.6) is 0 Å². The van der Waals surface area contributed by atoms with Gasteiger partial charge in [-0.25, -0.2) is 0 Å². The maximum absolute atomic E-state index is 10.9. The highest BCUT2D eigenvalue weighted by atomic mass is 16.3. The zero-order valence-electron chi connectivity index (χ0n) is 7.38. The summed E-state index contributed by atoms with van der Waals surface area (Å²) < 4.78 is 0. The van der Waals surface area contributed by atoms with Crippen molar-refractivity contribution >= 4 is 11.8 Å². The molecule has 0 aliphatic rings. The highest BCUT2D eigenvalue weighted by Crippen LogP contribution is 1.78. The summed E-state index contributed by atoms with van der Waals surface area (Å²) in [5.74, 6) is -0.760. The van der Waals surface area contributed by atoms with Gasteiger partial charge in [0.1, 0.15) is 6.42 Å². The largest absolute Gasteiger partial charge is 0.395 e. The van der Waals surface area contributed by atoms with E-state index in [4.69, 9.17) is 10.8 Å². The quantitative estimate of drug-likeness (QED) is 0.348. The number of carbonyl (C=O) groups is 2. The van der Waals surface area contributed by atoms with Crippen LogP contribution in [0.4, 0.5) is 0 Å². The van der Waals surface area contributed by atoms with Crippen molar-refractivity contribution in [3.8, 4) is 0 Å². The van der Waals surface area contributed by atoms with E-state index in [0.29, 0.717) is 13.1 Å². The minimum absolute atomic E-state index is 0.129. The van der Waals surface area contributed by atoms with E-state index in [2.05, 4.69) is 10.6 Å². The van der Waals surface area contributed by atoms with Crippen molar-refractivity contribution in [3.63, 3.8) is 0 Å². The predicted octanol–water partition coefficient (Wildman–Crippen LogP) is -2.44. The maximum Gasteiger partial charge on any atom is 0.229 e. The number of rotatable bonds is 6. The van der Waals surface area contributed by atoms with E-state index in [-0.39, 0.29) is 25.5 Å². The van der Waals surface area contributed by atoms with Crippen LogP contribution in [0.3, 0.4) is 0 Å². The standard InChI is InChI=1S/C7H15N3O3/c8-1-2-9-6(12)5-7(13)10-3-4-11/h11H,1-5,8H2,(H,9,12)(H,10,13). The molecule has 0 bridgehead atoms. The summed E-state index contributed by atoms with van der Waals surface area (Å²) in [6.07, 6.45) is -0.222. The van der Waals surface area contributed by atoms with E-state index in [1.54, 1.807) is 0 Å². The Morgan fingerprint density at radius 2 is 1.69 bits per heavy atom. The molecule has 0 heterocycles. The number of aliphatic hydroxyl groups is 1. The monoisotopic (exact) mass is 189 g/mol. The number of nitrogens with one attached hydrogen (secondary N) is 2. The Balaban J connectivity index is 3.47. The highest BCUT2D eigenvalue weighted by molar-refractivity contribution is 5.96. The van der Waals surface area contributed by atoms with Gasteiger partial charge in [-0.1, -0.05) is 0 Å². The third-order valence-corrected chi connectivity index (χ3v) is 1.22. The molecule has 0 spiro atoms. The Labute approximate surface area is 76.5 Å². The lowest BCUT2D eigenvalue weighted by atomic mass is 10.3. The molecule has 0 saturated carbocycles. The van der Waals surface area contributed by atoms with Gasteiger partial charge in [0.05, 0.1) is 6.61 Å². The lowest BCUT2D eigenvalue weighted by Gasteiger charge is -2.03. The average molecular weight is 189 g/mol. The van der Waals surface area contributed by atoms with Crippen LogP contribution in [-0.4, -0.2) is 43.2 Å². The average Bonchev–Trinajstić information content (AvgIpc) is 2.11. The van der Waals surface area contributed by atoms with Gasteiger partial charge >= 0.3 is 0 Å². The van der Waals surface area contributed by atoms with Gasteiger partial charge in [-0.05, 0) is 0 Å². The van der Waals surface area contributed by atoms with Crippen LogP contribution >= 0.6 is 0 Å². The van der Waals surface area contributed by atoms with Gasteiger partial charge in [0.15, 0.2) is 0 Å². The molecule has 0 aliphatic carbocycles. The second-order valence-electron chi connectivity index (χ2n) is 2.39. The molecule has 0 rings (SSSR count). The molecule has 0 aromatic carbocycles. The Bertz CT molecular complexity index is 154. The van der Waals surface area contributed by atoms with Gasteiger partial charge in [-0.3, -0.25) is 9.59 Å². The number of carbonyl (C=O) groups excluding carboxylic acids is 2. The lowest BCUT2D eigenvalue weighted by molar-refractivity contribution is -0.129. The molecule has 0 radical (unpaired) electrons. The molecule has 6 nitrogen and oxygen atoms in total. The fourth-order valence-electron chi connectivity index (χ4n) is 0.678. The Morgan fingerprint density at radius 1 is 1.15 bits per heavy atom. The van der Waals surface area contributed by atoms with Crippen molar-refractivity contribution in [1.29, 1.82) is 0 Å². The van der Waals surface area contributed by atoms with Crippen molar-refractivity contribution in [2.24, 2.45) is 5.73 Å². The molecular formula is C7H15N3O3. The summed E-state index contributed by atoms with van der Waals surface area (Å²) in [4.78, 5) is 21.7. The molecule has 0 unspecified atom stereocenters. The van der Waals surface area contributed by atoms with Crippen molar-refractivity contribution in [1.82, 2.24) is 10.6 Å². The smallest absolute Gasteiger partial charge is 0.229 e. The summed E-state index contributed by atoms with van der Waals surface area (Å²) >= 11 is 0. The molecule has 6 heteroatoms. The Morgan fingerprint density at radius 3 is 2.15 bits per heavy atom. The molecule has 0 aliphatic heterocycles. The first-order valence-corrected chi connectivity index (χ1v) is 4.05. The second kappa shape index (κ2) is 7.51. The van der Waals surface area contributed by atoms with Crippen LogP contribution in [0.1, 0.15) is 6.42 Å². The lowest BCUT2D eigenvalue weighted by Crippen LogP contribution is -2.35. The third kappa shape index (κ3) is 7.23. The molecule has 0 fully saturated rings. The Hall–Kier alpha value is -1.14. The zero-order valence-corrected chi connectivity index (χ0v) is 7.38. The molecule has 5 N–H and O–H groups in total. The van der Waals surface area contributed by atoms with Gasteiger partial charge in [0.25, 0.3) is 0 Å². The van der Waals surface area contributed by atoms with Crippen molar-refractivity contribution < 1.29 is 14.7 Å². The van der Waals surface area contributed by atoms with Crippen molar-refractivity contribution in [2.75, 3.05) is 26.2 Å². The first kappa shape index (κ1) is 11.9. The fraction of sp³-hybridized carbons (Fsp3) is 0.714. The number of nitrogens with two attached hydrogens (primary N) is 1. The van der Waals surface area contributed by atoms with Crippen LogP contribution in [0, 0.1) is 0 Å². The molecular weight excluding hydrogens is 174 g/mol. The van der Waals surface area contributed by atoms with E-state index < -0.39 is 5.91 Å². The van der Waals surface area contributed by atoms with Crippen LogP contribution in [0.15, 0.2) is 0 Å². The number of aliphatic hydroxyl groups excluding tert-OH is 1.